The van der Waals surface area contributed by atoms with E-state index >= 15 is 0 Å². The quantitative estimate of drug-likeness (QED) is 0.448. The molecule has 0 bridgehead atoms. The molecule has 3 N–H and O–H groups in total. The van der Waals surface area contributed by atoms with Gasteiger partial charge in [-0.1, -0.05) is 6.07 Å². The van der Waals surface area contributed by atoms with Crippen molar-refractivity contribution in [3.05, 3.63) is 58.1 Å². The lowest BCUT2D eigenvalue weighted by atomic mass is 9.98. The number of carbonyl (C=O) groups excluding carboxylic acids is 2. The number of rotatable bonds is 8. The Morgan fingerprint density at radius 1 is 1.14 bits per heavy atom. The van der Waals surface area contributed by atoms with Crippen LogP contribution in [0, 0.1) is 6.92 Å². The van der Waals surface area contributed by atoms with Gasteiger partial charge < -0.3 is 25.4 Å². The largest absolute Gasteiger partial charge is 0.507 e. The first-order valence-electron chi connectivity index (χ1n) is 12.2. The number of amides is 2. The summed E-state index contributed by atoms with van der Waals surface area (Å²) in [6.45, 7) is 5.04. The number of phenolic OH excluding ortho intramolecular Hbond substituents is 1. The minimum absolute atomic E-state index is 0.0532. The van der Waals surface area contributed by atoms with Crippen LogP contribution < -0.4 is 10.5 Å². The Kier molecular flexibility index (Phi) is 7.70. The number of fused-ring (bicyclic) bond motifs is 1. The zero-order valence-electron chi connectivity index (χ0n) is 20.5. The lowest BCUT2D eigenvalue weighted by Gasteiger charge is -2.28. The van der Waals surface area contributed by atoms with Crippen LogP contribution >= 0.6 is 0 Å². The van der Waals surface area contributed by atoms with Gasteiger partial charge in [-0.25, -0.2) is 0 Å². The maximum Gasteiger partial charge on any atom is 0.258 e. The number of carbonyl (C=O) groups is 2. The number of likely N-dealkylation sites (tertiary alicyclic amines) is 1. The van der Waals surface area contributed by atoms with Crippen LogP contribution in [-0.2, 0) is 17.9 Å². The van der Waals surface area contributed by atoms with Crippen molar-refractivity contribution in [2.75, 3.05) is 33.3 Å². The molecule has 0 aromatic heterocycles. The highest BCUT2D eigenvalue weighted by Crippen LogP contribution is 2.31. The molecule has 1 fully saturated rings. The Labute approximate surface area is 206 Å². The van der Waals surface area contributed by atoms with Gasteiger partial charge >= 0.3 is 0 Å². The van der Waals surface area contributed by atoms with Crippen molar-refractivity contribution in [3.8, 4) is 11.5 Å². The summed E-state index contributed by atoms with van der Waals surface area (Å²) in [4.78, 5) is 33.8. The highest BCUT2D eigenvalue weighted by atomic mass is 16.5. The van der Waals surface area contributed by atoms with Crippen LogP contribution in [0.1, 0.15) is 58.3 Å². The summed E-state index contributed by atoms with van der Waals surface area (Å²) in [6, 6.07) is 9.19. The van der Waals surface area contributed by atoms with Crippen LogP contribution in [0.2, 0.25) is 0 Å². The summed E-state index contributed by atoms with van der Waals surface area (Å²) in [5.41, 5.74) is 10.2. The number of benzene rings is 2. The van der Waals surface area contributed by atoms with Gasteiger partial charge in [0.1, 0.15) is 11.5 Å². The average molecular weight is 479 g/mol. The first-order chi connectivity index (χ1) is 16.9. The van der Waals surface area contributed by atoms with Crippen LogP contribution in [0.3, 0.4) is 0 Å². The molecule has 8 nitrogen and oxygen atoms in total. The zero-order valence-corrected chi connectivity index (χ0v) is 20.5. The van der Waals surface area contributed by atoms with Crippen molar-refractivity contribution in [2.24, 2.45) is 10.7 Å². The number of ether oxygens (including phenoxy) is 1. The van der Waals surface area contributed by atoms with Gasteiger partial charge in [0.2, 0.25) is 5.91 Å². The Bertz CT molecular complexity index is 1140. The second-order valence-electron chi connectivity index (χ2n) is 9.21. The van der Waals surface area contributed by atoms with Gasteiger partial charge in [0.15, 0.2) is 0 Å². The van der Waals surface area contributed by atoms with E-state index in [9.17, 15) is 14.7 Å². The van der Waals surface area contributed by atoms with Crippen LogP contribution in [-0.4, -0.2) is 65.7 Å². The van der Waals surface area contributed by atoms with Crippen molar-refractivity contribution < 1.29 is 19.4 Å². The molecule has 0 atom stereocenters. The molecule has 2 aromatic rings. The molecule has 2 heterocycles. The van der Waals surface area contributed by atoms with Crippen molar-refractivity contribution in [1.29, 1.82) is 0 Å². The molecule has 0 unspecified atom stereocenters. The Morgan fingerprint density at radius 2 is 1.94 bits per heavy atom. The topological polar surface area (TPSA) is 108 Å². The lowest BCUT2D eigenvalue weighted by Crippen LogP contribution is -2.39. The highest BCUT2D eigenvalue weighted by Gasteiger charge is 2.28. The second kappa shape index (κ2) is 10.9. The SMILES string of the molecule is CN=C(CN1CCCCC1=O)c1cc(C(=O)N2Cc3ccc(OCCCN)cc3C2)c(O)cc1C. The summed E-state index contributed by atoms with van der Waals surface area (Å²) in [6.07, 6.45) is 3.25. The number of nitrogens with zero attached hydrogens (tertiary/aromatic N) is 3. The average Bonchev–Trinajstić information content (AvgIpc) is 3.27. The number of hydrogen-bond acceptors (Lipinski definition) is 6. The molecule has 4 rings (SSSR count). The smallest absolute Gasteiger partial charge is 0.258 e. The molecular weight excluding hydrogens is 444 g/mol. The van der Waals surface area contributed by atoms with E-state index in [4.69, 9.17) is 10.5 Å². The predicted octanol–water partition coefficient (Wildman–Crippen LogP) is 3.02. The van der Waals surface area contributed by atoms with Gasteiger partial charge in [0.05, 0.1) is 24.4 Å². The summed E-state index contributed by atoms with van der Waals surface area (Å²) in [7, 11) is 1.70. The van der Waals surface area contributed by atoms with Crippen molar-refractivity contribution >= 4 is 17.5 Å². The van der Waals surface area contributed by atoms with Gasteiger partial charge in [-0.15, -0.1) is 0 Å². The number of nitrogens with two attached hydrogens (primary N) is 1. The van der Waals surface area contributed by atoms with E-state index in [-0.39, 0.29) is 23.1 Å². The summed E-state index contributed by atoms with van der Waals surface area (Å²) < 4.78 is 5.74. The molecule has 186 valence electrons. The minimum Gasteiger partial charge on any atom is -0.507 e. The van der Waals surface area contributed by atoms with E-state index in [2.05, 4.69) is 4.99 Å². The first kappa shape index (κ1) is 24.7. The third kappa shape index (κ3) is 5.48. The second-order valence-corrected chi connectivity index (χ2v) is 9.21. The number of aryl methyl sites for hydroxylation is 1. The van der Waals surface area contributed by atoms with Gasteiger partial charge in [-0.2, -0.15) is 0 Å². The first-order valence-corrected chi connectivity index (χ1v) is 12.2. The van der Waals surface area contributed by atoms with Crippen LogP contribution in [0.4, 0.5) is 0 Å². The number of piperidine rings is 1. The monoisotopic (exact) mass is 478 g/mol. The van der Waals surface area contributed by atoms with Gasteiger partial charge in [0.25, 0.3) is 5.91 Å². The van der Waals surface area contributed by atoms with Crippen LogP contribution in [0.5, 0.6) is 11.5 Å². The molecule has 2 aliphatic heterocycles. The molecule has 35 heavy (non-hydrogen) atoms. The Balaban J connectivity index is 1.53. The number of phenols is 1. The molecule has 2 amide bonds. The van der Waals surface area contributed by atoms with Gasteiger partial charge in [0, 0.05) is 38.7 Å². The maximum absolute atomic E-state index is 13.5. The minimum atomic E-state index is -0.241. The van der Waals surface area contributed by atoms with Crippen LogP contribution in [0.25, 0.3) is 0 Å². The summed E-state index contributed by atoms with van der Waals surface area (Å²) >= 11 is 0. The van der Waals surface area contributed by atoms with E-state index in [1.165, 1.54) is 0 Å². The molecule has 0 spiro atoms. The fourth-order valence-electron chi connectivity index (χ4n) is 4.71. The molecule has 0 saturated carbocycles. The van der Waals surface area contributed by atoms with Crippen molar-refractivity contribution in [1.82, 2.24) is 9.80 Å². The van der Waals surface area contributed by atoms with E-state index in [1.807, 2.05) is 30.0 Å². The third-order valence-corrected chi connectivity index (χ3v) is 6.72. The number of hydrogen-bond donors (Lipinski definition) is 2. The van der Waals surface area contributed by atoms with E-state index < -0.39 is 0 Å². The lowest BCUT2D eigenvalue weighted by molar-refractivity contribution is -0.132. The molecule has 1 saturated heterocycles. The van der Waals surface area contributed by atoms with Gasteiger partial charge in [-0.05, 0) is 73.7 Å². The zero-order chi connectivity index (χ0) is 24.9. The van der Waals surface area contributed by atoms with Crippen molar-refractivity contribution in [3.63, 3.8) is 0 Å². The molecule has 2 aromatic carbocycles. The molecular formula is C27H34N4O4. The molecule has 8 heteroatoms. The summed E-state index contributed by atoms with van der Waals surface area (Å²) in [5, 5.41) is 10.7. The van der Waals surface area contributed by atoms with Crippen LogP contribution in [0.15, 0.2) is 35.3 Å². The maximum atomic E-state index is 13.5. The third-order valence-electron chi connectivity index (χ3n) is 6.72. The Morgan fingerprint density at radius 3 is 2.69 bits per heavy atom. The molecule has 0 aliphatic carbocycles. The molecule has 2 aliphatic rings. The van der Waals surface area contributed by atoms with Gasteiger partial charge in [-0.3, -0.25) is 14.6 Å². The molecule has 0 radical (unpaired) electrons. The van der Waals surface area contributed by atoms with E-state index in [0.717, 1.165) is 53.0 Å². The summed E-state index contributed by atoms with van der Waals surface area (Å²) in [5.74, 6) is 0.604. The van der Waals surface area contributed by atoms with E-state index in [1.54, 1.807) is 24.1 Å². The fourth-order valence-corrected chi connectivity index (χ4v) is 4.71. The number of aromatic hydroxyl groups is 1. The standard InChI is InChI=1S/C27H34N4O4/c1-18-12-25(32)23(14-22(18)24(29-2)17-30-10-4-3-6-26(30)33)27(34)31-15-19-7-8-21(13-20(19)16-31)35-11-5-9-28/h7-8,12-14,32H,3-6,9-11,15-17,28H2,1-2H3. The Hall–Kier alpha value is -3.39. The fraction of sp³-hybridized carbons (Fsp3) is 0.444. The predicted molar refractivity (Wildman–Crippen MR) is 135 cm³/mol. The number of aliphatic imine (C=N–C) groups is 1. The van der Waals surface area contributed by atoms with Crippen molar-refractivity contribution in [2.45, 2.75) is 45.7 Å². The highest BCUT2D eigenvalue weighted by molar-refractivity contribution is 6.07. The normalized spacial score (nSPS) is 16.0. The van der Waals surface area contributed by atoms with E-state index in [0.29, 0.717) is 45.8 Å².